The number of methoxy groups -OCH3 is 1. The minimum atomic E-state index is 0.326. The number of aromatic nitrogens is 3. The molecule has 0 amide bonds. The lowest BCUT2D eigenvalue weighted by atomic mass is 10.1. The first-order valence-corrected chi connectivity index (χ1v) is 11.7. The van der Waals surface area contributed by atoms with Crippen molar-refractivity contribution >= 4 is 28.7 Å². The first kappa shape index (κ1) is 23.5. The summed E-state index contributed by atoms with van der Waals surface area (Å²) in [5.74, 6) is 1.91. The SMILES string of the molecule is CCc1ccc(OCCC#N)c(SNc2noc3cc(Cn4cc(CN)cn4)cc(OC)c23)c1. The number of nitrogens with zero attached hydrogens (tertiary/aromatic N) is 4. The van der Waals surface area contributed by atoms with Gasteiger partial charge in [0, 0.05) is 18.3 Å². The van der Waals surface area contributed by atoms with Gasteiger partial charge >= 0.3 is 0 Å². The van der Waals surface area contributed by atoms with Gasteiger partial charge in [0.2, 0.25) is 0 Å². The van der Waals surface area contributed by atoms with Crippen LogP contribution in [-0.2, 0) is 19.5 Å². The molecular weight excluding hydrogens is 452 g/mol. The largest absolute Gasteiger partial charge is 0.496 e. The van der Waals surface area contributed by atoms with Gasteiger partial charge in [0.15, 0.2) is 11.4 Å². The van der Waals surface area contributed by atoms with Crippen LogP contribution in [0.5, 0.6) is 11.5 Å². The lowest BCUT2D eigenvalue weighted by Gasteiger charge is -2.12. The van der Waals surface area contributed by atoms with Crippen molar-refractivity contribution in [1.82, 2.24) is 14.9 Å². The smallest absolute Gasteiger partial charge is 0.191 e. The van der Waals surface area contributed by atoms with Gasteiger partial charge in [-0.1, -0.05) is 18.1 Å². The second kappa shape index (κ2) is 11.0. The Morgan fingerprint density at radius 1 is 1.21 bits per heavy atom. The molecule has 0 fully saturated rings. The fourth-order valence-electron chi connectivity index (χ4n) is 3.48. The predicted octanol–water partition coefficient (Wildman–Crippen LogP) is 4.51. The summed E-state index contributed by atoms with van der Waals surface area (Å²) < 4.78 is 22.2. The number of ether oxygens (including phenoxy) is 2. The zero-order valence-corrected chi connectivity index (χ0v) is 19.9. The van der Waals surface area contributed by atoms with Crippen LogP contribution in [0.2, 0.25) is 0 Å². The molecule has 34 heavy (non-hydrogen) atoms. The highest BCUT2D eigenvalue weighted by molar-refractivity contribution is 8.00. The third-order valence-corrected chi connectivity index (χ3v) is 6.06. The van der Waals surface area contributed by atoms with Crippen LogP contribution in [0.3, 0.4) is 0 Å². The highest BCUT2D eigenvalue weighted by Gasteiger charge is 2.17. The highest BCUT2D eigenvalue weighted by Crippen LogP contribution is 2.37. The number of aryl methyl sites for hydroxylation is 1. The van der Waals surface area contributed by atoms with E-state index in [0.717, 1.165) is 27.8 Å². The van der Waals surface area contributed by atoms with Gasteiger partial charge in [-0.05, 0) is 53.8 Å². The fourth-order valence-corrected chi connectivity index (χ4v) is 4.26. The Kier molecular flexibility index (Phi) is 7.57. The molecule has 4 aromatic rings. The van der Waals surface area contributed by atoms with Gasteiger partial charge in [-0.3, -0.25) is 4.68 Å². The second-order valence-electron chi connectivity index (χ2n) is 7.55. The van der Waals surface area contributed by atoms with Crippen molar-refractivity contribution in [3.8, 4) is 17.6 Å². The normalized spacial score (nSPS) is 10.9. The zero-order chi connectivity index (χ0) is 23.9. The predicted molar refractivity (Wildman–Crippen MR) is 131 cm³/mol. The Morgan fingerprint density at radius 2 is 2.09 bits per heavy atom. The first-order valence-electron chi connectivity index (χ1n) is 10.9. The van der Waals surface area contributed by atoms with Gasteiger partial charge in [-0.25, -0.2) is 0 Å². The maximum absolute atomic E-state index is 8.80. The average molecular weight is 479 g/mol. The fraction of sp³-hybridized carbons (Fsp3) is 0.292. The molecule has 2 aromatic carbocycles. The standard InChI is InChI=1S/C24H26N6O3S/c1-3-16-5-6-19(32-8-4-7-25)22(11-16)34-29-24-23-20(31-2)9-17(10-21(23)33-28-24)14-30-15-18(12-26)13-27-30/h5-6,9-11,13,15H,3-4,8,12,14,26H2,1-2H3,(H,28,29). The molecule has 0 atom stereocenters. The molecule has 176 valence electrons. The molecule has 0 aliphatic heterocycles. The number of hydrogen-bond donors (Lipinski definition) is 2. The summed E-state index contributed by atoms with van der Waals surface area (Å²) in [4.78, 5) is 0.901. The summed E-state index contributed by atoms with van der Waals surface area (Å²) in [6.07, 6.45) is 4.90. The highest BCUT2D eigenvalue weighted by atomic mass is 32.2. The van der Waals surface area contributed by atoms with E-state index in [4.69, 9.17) is 25.0 Å². The third-order valence-electron chi connectivity index (χ3n) is 5.23. The van der Waals surface area contributed by atoms with Crippen molar-refractivity contribution < 1.29 is 14.0 Å². The van der Waals surface area contributed by atoms with Crippen molar-refractivity contribution in [2.75, 3.05) is 18.4 Å². The van der Waals surface area contributed by atoms with E-state index in [-0.39, 0.29) is 0 Å². The summed E-state index contributed by atoms with van der Waals surface area (Å²) in [6, 6.07) is 12.0. The van der Waals surface area contributed by atoms with Crippen molar-refractivity contribution in [2.45, 2.75) is 37.8 Å². The Bertz CT molecular complexity index is 1310. The van der Waals surface area contributed by atoms with Crippen LogP contribution in [0, 0.1) is 11.3 Å². The number of benzene rings is 2. The van der Waals surface area contributed by atoms with Gasteiger partial charge < -0.3 is 24.5 Å². The van der Waals surface area contributed by atoms with Crippen LogP contribution in [-0.4, -0.2) is 28.7 Å². The molecule has 0 radical (unpaired) electrons. The molecule has 0 aliphatic carbocycles. The van der Waals surface area contributed by atoms with Crippen molar-refractivity contribution in [3.63, 3.8) is 0 Å². The van der Waals surface area contributed by atoms with Crippen molar-refractivity contribution in [2.24, 2.45) is 5.73 Å². The van der Waals surface area contributed by atoms with Crippen LogP contribution in [0.1, 0.15) is 30.0 Å². The zero-order valence-electron chi connectivity index (χ0n) is 19.1. The molecule has 0 spiro atoms. The quantitative estimate of drug-likeness (QED) is 0.236. The minimum Gasteiger partial charge on any atom is -0.496 e. The van der Waals surface area contributed by atoms with Crippen LogP contribution < -0.4 is 19.9 Å². The summed E-state index contributed by atoms with van der Waals surface area (Å²) in [5, 5.41) is 18.1. The molecule has 0 aliphatic rings. The second-order valence-corrected chi connectivity index (χ2v) is 8.40. The van der Waals surface area contributed by atoms with E-state index in [1.165, 1.54) is 17.5 Å². The third kappa shape index (κ3) is 5.27. The lowest BCUT2D eigenvalue weighted by molar-refractivity contribution is 0.319. The van der Waals surface area contributed by atoms with Crippen LogP contribution >= 0.6 is 11.9 Å². The minimum absolute atomic E-state index is 0.326. The maximum atomic E-state index is 8.80. The first-order chi connectivity index (χ1) is 16.6. The van der Waals surface area contributed by atoms with Crippen LogP contribution in [0.15, 0.2) is 52.1 Å². The number of nitriles is 1. The van der Waals surface area contributed by atoms with Gasteiger partial charge in [0.25, 0.3) is 0 Å². The number of fused-ring (bicyclic) bond motifs is 1. The van der Waals surface area contributed by atoms with Gasteiger partial charge in [0.05, 0.1) is 37.2 Å². The topological polar surface area (TPSA) is 124 Å². The Hall–Kier alpha value is -3.68. The molecule has 2 aromatic heterocycles. The van der Waals surface area contributed by atoms with E-state index in [1.807, 2.05) is 35.1 Å². The van der Waals surface area contributed by atoms with Crippen LogP contribution in [0.25, 0.3) is 11.0 Å². The summed E-state index contributed by atoms with van der Waals surface area (Å²) >= 11 is 1.38. The molecule has 3 N–H and O–H groups in total. The van der Waals surface area contributed by atoms with E-state index in [1.54, 1.807) is 13.3 Å². The molecule has 0 saturated heterocycles. The van der Waals surface area contributed by atoms with E-state index < -0.39 is 0 Å². The lowest BCUT2D eigenvalue weighted by Crippen LogP contribution is -2.01. The number of hydrogen-bond acceptors (Lipinski definition) is 9. The number of anilines is 1. The number of nitrogens with two attached hydrogens (primary N) is 1. The van der Waals surface area contributed by atoms with E-state index in [9.17, 15) is 0 Å². The summed E-state index contributed by atoms with van der Waals surface area (Å²) in [7, 11) is 1.62. The average Bonchev–Trinajstić information content (AvgIpc) is 3.49. The van der Waals surface area contributed by atoms with Crippen molar-refractivity contribution in [3.05, 3.63) is 59.4 Å². The van der Waals surface area contributed by atoms with E-state index in [0.29, 0.717) is 49.0 Å². The van der Waals surface area contributed by atoms with Crippen molar-refractivity contribution in [1.29, 1.82) is 5.26 Å². The maximum Gasteiger partial charge on any atom is 0.191 e. The van der Waals surface area contributed by atoms with Gasteiger partial charge in [-0.15, -0.1) is 0 Å². The molecule has 4 rings (SSSR count). The van der Waals surface area contributed by atoms with Gasteiger partial charge in [-0.2, -0.15) is 10.4 Å². The molecular formula is C24H26N6O3S. The van der Waals surface area contributed by atoms with Gasteiger partial charge in [0.1, 0.15) is 23.5 Å². The Labute approximate surface area is 201 Å². The monoisotopic (exact) mass is 478 g/mol. The molecule has 2 heterocycles. The van der Waals surface area contributed by atoms with E-state index >= 15 is 0 Å². The van der Waals surface area contributed by atoms with Crippen LogP contribution in [0.4, 0.5) is 5.82 Å². The molecule has 0 bridgehead atoms. The molecule has 10 heteroatoms. The number of rotatable bonds is 11. The number of nitrogens with one attached hydrogen (secondary N) is 1. The Balaban J connectivity index is 1.56. The summed E-state index contributed by atoms with van der Waals surface area (Å²) in [6.45, 7) is 3.43. The summed E-state index contributed by atoms with van der Waals surface area (Å²) in [5.41, 5.74) is 9.41. The molecule has 0 unspecified atom stereocenters. The Morgan fingerprint density at radius 3 is 2.82 bits per heavy atom. The molecule has 9 nitrogen and oxygen atoms in total. The van der Waals surface area contributed by atoms with E-state index in [2.05, 4.69) is 34.0 Å². The molecule has 0 saturated carbocycles.